The van der Waals surface area contributed by atoms with E-state index in [4.69, 9.17) is 15.2 Å². The van der Waals surface area contributed by atoms with Gasteiger partial charge < -0.3 is 30.5 Å². The van der Waals surface area contributed by atoms with Crippen LogP contribution in [0, 0.1) is 11.3 Å². The number of nitrogens with zero attached hydrogens (tertiary/aromatic N) is 1. The van der Waals surface area contributed by atoms with E-state index in [2.05, 4.69) is 12.2 Å². The smallest absolute Gasteiger partial charge is 0.349 e. The van der Waals surface area contributed by atoms with Crippen LogP contribution in [0.25, 0.3) is 0 Å². The molecule has 0 bridgehead atoms. The van der Waals surface area contributed by atoms with Crippen molar-refractivity contribution in [2.45, 2.75) is 85.0 Å². The van der Waals surface area contributed by atoms with Gasteiger partial charge in [0.2, 0.25) is 17.9 Å². The Morgan fingerprint density at radius 3 is 2.64 bits per heavy atom. The number of unbranched alkanes of at least 4 members (excludes halogenated alkanes) is 1. The summed E-state index contributed by atoms with van der Waals surface area (Å²) in [5, 5.41) is 13.5. The molecule has 4 atom stereocenters. The normalized spacial score (nSPS) is 17.9. The van der Waals surface area contributed by atoms with Gasteiger partial charge in [0.05, 0.1) is 24.9 Å². The lowest BCUT2D eigenvalue weighted by molar-refractivity contribution is -0.151. The van der Waals surface area contributed by atoms with Crippen LogP contribution < -0.4 is 20.7 Å². The van der Waals surface area contributed by atoms with Gasteiger partial charge in [0.1, 0.15) is 5.75 Å². The standard InChI is InChI=1S/C27H43N3O6/c1-6-8-13-29-25(33)18(3)14-21(31)19(28)15-27(4,5)16-24(32)30-17-23(26(34)35-7-2)36-22-12-10-9-11-20(22)30/h9-12,18-19,21,23,31H,6-8,13-17,28H2,1-5H3,(H,29,33)/t18-,19+,21+,23-/m1/s1. The minimum Gasteiger partial charge on any atom is -0.475 e. The van der Waals surface area contributed by atoms with E-state index in [9.17, 15) is 19.5 Å². The zero-order valence-corrected chi connectivity index (χ0v) is 22.3. The SMILES string of the molecule is CCCCNC(=O)[C@H](C)C[C@H](O)[C@@H](N)CC(C)(C)CC(=O)N1C[C@H](C(=O)OCC)Oc2ccccc21. The topological polar surface area (TPSA) is 131 Å². The average molecular weight is 506 g/mol. The van der Waals surface area contributed by atoms with Crippen molar-refractivity contribution in [2.24, 2.45) is 17.1 Å². The van der Waals surface area contributed by atoms with Crippen molar-refractivity contribution in [2.75, 3.05) is 24.6 Å². The summed E-state index contributed by atoms with van der Waals surface area (Å²) in [6, 6.07) is 6.50. The number of nitrogens with one attached hydrogen (secondary N) is 1. The highest BCUT2D eigenvalue weighted by Gasteiger charge is 2.37. The molecule has 1 heterocycles. The zero-order chi connectivity index (χ0) is 26.9. The predicted molar refractivity (Wildman–Crippen MR) is 139 cm³/mol. The Kier molecular flexibility index (Phi) is 11.2. The molecule has 9 nitrogen and oxygen atoms in total. The van der Waals surface area contributed by atoms with E-state index < -0.39 is 29.6 Å². The molecule has 9 heteroatoms. The number of ether oxygens (including phenoxy) is 2. The van der Waals surface area contributed by atoms with Crippen molar-refractivity contribution in [3.05, 3.63) is 24.3 Å². The van der Waals surface area contributed by atoms with Crippen LogP contribution in [-0.2, 0) is 19.1 Å². The van der Waals surface area contributed by atoms with Crippen LogP contribution in [0.5, 0.6) is 5.75 Å². The van der Waals surface area contributed by atoms with Crippen molar-refractivity contribution in [1.29, 1.82) is 0 Å². The molecule has 4 N–H and O–H groups in total. The number of aliphatic hydroxyl groups is 1. The number of anilines is 1. The molecule has 0 unspecified atom stereocenters. The molecule has 1 aromatic rings. The Bertz CT molecular complexity index is 890. The summed E-state index contributed by atoms with van der Waals surface area (Å²) in [4.78, 5) is 39.5. The van der Waals surface area contributed by atoms with E-state index in [1.54, 1.807) is 36.9 Å². The van der Waals surface area contributed by atoms with Gasteiger partial charge in [0.25, 0.3) is 0 Å². The van der Waals surface area contributed by atoms with Crippen LogP contribution in [-0.4, -0.2) is 60.8 Å². The minimum absolute atomic E-state index is 0.0596. The quantitative estimate of drug-likeness (QED) is 0.277. The highest BCUT2D eigenvalue weighted by atomic mass is 16.6. The summed E-state index contributed by atoms with van der Waals surface area (Å²) in [6.45, 7) is 10.3. The van der Waals surface area contributed by atoms with Crippen molar-refractivity contribution >= 4 is 23.5 Å². The number of benzene rings is 1. The van der Waals surface area contributed by atoms with Gasteiger partial charge in [0.15, 0.2) is 0 Å². The average Bonchev–Trinajstić information content (AvgIpc) is 2.82. The number of rotatable bonds is 13. The number of esters is 1. The van der Waals surface area contributed by atoms with Gasteiger partial charge in [0, 0.05) is 24.9 Å². The van der Waals surface area contributed by atoms with Gasteiger partial charge in [-0.3, -0.25) is 9.59 Å². The predicted octanol–water partition coefficient (Wildman–Crippen LogP) is 2.78. The zero-order valence-electron chi connectivity index (χ0n) is 22.3. The van der Waals surface area contributed by atoms with Gasteiger partial charge in [-0.15, -0.1) is 0 Å². The number of carbonyl (C=O) groups excluding carboxylic acids is 3. The Morgan fingerprint density at radius 2 is 1.97 bits per heavy atom. The molecule has 1 aromatic carbocycles. The number of hydrogen-bond donors (Lipinski definition) is 3. The van der Waals surface area contributed by atoms with Gasteiger partial charge in [-0.2, -0.15) is 0 Å². The summed E-state index contributed by atoms with van der Waals surface area (Å²) >= 11 is 0. The fraction of sp³-hybridized carbons (Fsp3) is 0.667. The third-order valence-electron chi connectivity index (χ3n) is 6.41. The van der Waals surface area contributed by atoms with E-state index >= 15 is 0 Å². The number of amides is 2. The van der Waals surface area contributed by atoms with Crippen LogP contribution in [0.15, 0.2) is 24.3 Å². The first-order valence-electron chi connectivity index (χ1n) is 12.9. The number of aliphatic hydroxyl groups excluding tert-OH is 1. The molecule has 1 aliphatic rings. The molecule has 0 radical (unpaired) electrons. The molecule has 0 spiro atoms. The second-order valence-corrected chi connectivity index (χ2v) is 10.4. The third-order valence-corrected chi connectivity index (χ3v) is 6.41. The fourth-order valence-corrected chi connectivity index (χ4v) is 4.39. The van der Waals surface area contributed by atoms with Gasteiger partial charge in [-0.1, -0.05) is 46.2 Å². The van der Waals surface area contributed by atoms with E-state index in [0.29, 0.717) is 24.4 Å². The molecular weight excluding hydrogens is 462 g/mol. The maximum atomic E-state index is 13.4. The Hall–Kier alpha value is -2.65. The summed E-state index contributed by atoms with van der Waals surface area (Å²) < 4.78 is 10.9. The van der Waals surface area contributed by atoms with Crippen LogP contribution in [0.1, 0.15) is 66.7 Å². The monoisotopic (exact) mass is 505 g/mol. The second kappa shape index (κ2) is 13.6. The maximum Gasteiger partial charge on any atom is 0.349 e. The largest absolute Gasteiger partial charge is 0.475 e. The summed E-state index contributed by atoms with van der Waals surface area (Å²) in [7, 11) is 0. The van der Waals surface area contributed by atoms with Crippen molar-refractivity contribution < 1.29 is 29.0 Å². The number of carbonyl (C=O) groups is 3. The van der Waals surface area contributed by atoms with Gasteiger partial charge in [-0.25, -0.2) is 4.79 Å². The Labute approximate surface area is 214 Å². The van der Waals surface area contributed by atoms with Crippen molar-refractivity contribution in [1.82, 2.24) is 5.32 Å². The van der Waals surface area contributed by atoms with E-state index in [1.807, 2.05) is 19.9 Å². The molecule has 0 aliphatic carbocycles. The lowest BCUT2D eigenvalue weighted by Gasteiger charge is -2.36. The molecule has 2 rings (SSSR count). The van der Waals surface area contributed by atoms with Crippen LogP contribution in [0.4, 0.5) is 5.69 Å². The summed E-state index contributed by atoms with van der Waals surface area (Å²) in [6.07, 6.45) is 0.930. The van der Waals surface area contributed by atoms with E-state index in [0.717, 1.165) is 12.8 Å². The second-order valence-electron chi connectivity index (χ2n) is 10.4. The summed E-state index contributed by atoms with van der Waals surface area (Å²) in [5.74, 6) is -0.688. The Balaban J connectivity index is 2.00. The van der Waals surface area contributed by atoms with Gasteiger partial charge >= 0.3 is 5.97 Å². The molecule has 0 aromatic heterocycles. The first-order valence-corrected chi connectivity index (χ1v) is 12.9. The highest BCUT2D eigenvalue weighted by Crippen LogP contribution is 2.36. The number of fused-ring (bicyclic) bond motifs is 1. The molecule has 0 saturated heterocycles. The molecular formula is C27H43N3O6. The van der Waals surface area contributed by atoms with Crippen LogP contribution in [0.3, 0.4) is 0 Å². The van der Waals surface area contributed by atoms with E-state index in [-0.39, 0.29) is 43.7 Å². The van der Waals surface area contributed by atoms with E-state index in [1.165, 1.54) is 0 Å². The molecule has 36 heavy (non-hydrogen) atoms. The van der Waals surface area contributed by atoms with Crippen LogP contribution in [0.2, 0.25) is 0 Å². The maximum absolute atomic E-state index is 13.4. The first kappa shape index (κ1) is 29.6. The lowest BCUT2D eigenvalue weighted by atomic mass is 9.80. The molecule has 0 saturated carbocycles. The molecule has 0 fully saturated rings. The minimum atomic E-state index is -0.902. The molecule has 2 amide bonds. The first-order chi connectivity index (χ1) is 17.0. The highest BCUT2D eigenvalue weighted by molar-refractivity contribution is 5.97. The fourth-order valence-electron chi connectivity index (χ4n) is 4.39. The molecule has 1 aliphatic heterocycles. The third kappa shape index (κ3) is 8.48. The number of nitrogens with two attached hydrogens (primary N) is 1. The van der Waals surface area contributed by atoms with Crippen molar-refractivity contribution in [3.8, 4) is 5.75 Å². The molecule has 202 valence electrons. The number of hydrogen-bond acceptors (Lipinski definition) is 7. The lowest BCUT2D eigenvalue weighted by Crippen LogP contribution is -2.49. The number of para-hydroxylation sites is 2. The van der Waals surface area contributed by atoms with Crippen LogP contribution >= 0.6 is 0 Å². The summed E-state index contributed by atoms with van der Waals surface area (Å²) in [5.41, 5.74) is 6.38. The Morgan fingerprint density at radius 1 is 1.28 bits per heavy atom. The van der Waals surface area contributed by atoms with Crippen molar-refractivity contribution in [3.63, 3.8) is 0 Å². The van der Waals surface area contributed by atoms with Gasteiger partial charge in [-0.05, 0) is 43.7 Å².